The molecule has 1 rings (SSSR count). The highest BCUT2D eigenvalue weighted by Gasteiger charge is 1.95. The number of benzene rings is 1. The Hall–Kier alpha value is -0.150. The second-order valence-electron chi connectivity index (χ2n) is 2.61. The summed E-state index contributed by atoms with van der Waals surface area (Å²) in [5.74, 6) is 0.856. The number of halogens is 1. The van der Waals surface area contributed by atoms with Crippen LogP contribution in [0.25, 0.3) is 0 Å². The molecule has 0 fully saturated rings. The molecule has 3 heteroatoms. The van der Waals surface area contributed by atoms with Crippen LogP contribution in [0.2, 0.25) is 0 Å². The molecule has 0 saturated carbocycles. The topological polar surface area (TPSA) is 12.0 Å². The summed E-state index contributed by atoms with van der Waals surface area (Å²) in [6.07, 6.45) is 0. The molecule has 66 valence electrons. The van der Waals surface area contributed by atoms with Crippen LogP contribution in [0.1, 0.15) is 5.56 Å². The van der Waals surface area contributed by atoms with E-state index in [1.54, 1.807) is 0 Å². The third-order valence-corrected chi connectivity index (χ3v) is 2.71. The molecule has 0 bridgehead atoms. The van der Waals surface area contributed by atoms with Crippen LogP contribution in [0.15, 0.2) is 22.7 Å². The third kappa shape index (κ3) is 2.72. The maximum absolute atomic E-state index is 4.13. The van der Waals surface area contributed by atoms with Crippen LogP contribution in [0.4, 0.5) is 5.69 Å². The number of nitrogens with one attached hydrogen (secondary N) is 1. The van der Waals surface area contributed by atoms with Gasteiger partial charge in [-0.1, -0.05) is 15.9 Å². The first-order valence-electron chi connectivity index (χ1n) is 3.85. The average Bonchev–Trinajstić information content (AvgIpc) is 2.07. The van der Waals surface area contributed by atoms with Crippen molar-refractivity contribution < 1.29 is 0 Å². The van der Waals surface area contributed by atoms with Crippen molar-refractivity contribution in [3.05, 3.63) is 28.2 Å². The van der Waals surface area contributed by atoms with Crippen LogP contribution in [-0.2, 0) is 0 Å². The Morgan fingerprint density at radius 3 is 2.83 bits per heavy atom. The van der Waals surface area contributed by atoms with Gasteiger partial charge in [0.25, 0.3) is 0 Å². The van der Waals surface area contributed by atoms with E-state index < -0.39 is 0 Å². The highest BCUT2D eigenvalue weighted by Crippen LogP contribution is 2.19. The van der Waals surface area contributed by atoms with Gasteiger partial charge in [-0.15, -0.1) is 0 Å². The van der Waals surface area contributed by atoms with Gasteiger partial charge in [0.15, 0.2) is 0 Å². The zero-order chi connectivity index (χ0) is 8.97. The Morgan fingerprint density at radius 1 is 1.50 bits per heavy atom. The molecule has 0 radical (unpaired) electrons. The van der Waals surface area contributed by atoms with Gasteiger partial charge in [-0.2, -0.15) is 12.6 Å². The lowest BCUT2D eigenvalue weighted by Gasteiger charge is -2.05. The van der Waals surface area contributed by atoms with Crippen molar-refractivity contribution >= 4 is 34.2 Å². The highest BCUT2D eigenvalue weighted by atomic mass is 79.9. The van der Waals surface area contributed by atoms with E-state index in [1.165, 1.54) is 5.56 Å². The van der Waals surface area contributed by atoms with Crippen LogP contribution in [0.5, 0.6) is 0 Å². The maximum atomic E-state index is 4.13. The molecule has 0 spiro atoms. The minimum Gasteiger partial charge on any atom is -0.384 e. The third-order valence-electron chi connectivity index (χ3n) is 1.60. The lowest BCUT2D eigenvalue weighted by Crippen LogP contribution is -2.02. The second kappa shape index (κ2) is 4.77. The molecule has 0 aliphatic rings. The first-order chi connectivity index (χ1) is 5.74. The van der Waals surface area contributed by atoms with Crippen molar-refractivity contribution in [3.63, 3.8) is 0 Å². The van der Waals surface area contributed by atoms with E-state index in [2.05, 4.69) is 59.0 Å². The van der Waals surface area contributed by atoms with E-state index in [1.807, 2.05) is 0 Å². The summed E-state index contributed by atoms with van der Waals surface area (Å²) in [4.78, 5) is 0. The van der Waals surface area contributed by atoms with Gasteiger partial charge in [-0.25, -0.2) is 0 Å². The van der Waals surface area contributed by atoms with Crippen LogP contribution in [-0.4, -0.2) is 12.3 Å². The van der Waals surface area contributed by atoms with E-state index >= 15 is 0 Å². The van der Waals surface area contributed by atoms with Crippen LogP contribution in [0, 0.1) is 6.92 Å². The fourth-order valence-corrected chi connectivity index (χ4v) is 1.31. The van der Waals surface area contributed by atoms with Crippen LogP contribution >= 0.6 is 28.6 Å². The molecule has 0 atom stereocenters. The molecule has 0 aromatic heterocycles. The molecule has 12 heavy (non-hydrogen) atoms. The predicted octanol–water partition coefficient (Wildman–Crippen LogP) is 3.10. The van der Waals surface area contributed by atoms with Gasteiger partial charge in [0.05, 0.1) is 0 Å². The zero-order valence-electron chi connectivity index (χ0n) is 6.97. The highest BCUT2D eigenvalue weighted by molar-refractivity contribution is 9.10. The minimum absolute atomic E-state index is 0.856. The molecule has 1 aromatic carbocycles. The van der Waals surface area contributed by atoms with Crippen LogP contribution < -0.4 is 5.32 Å². The predicted molar refractivity (Wildman–Crippen MR) is 61.2 cm³/mol. The molecule has 0 heterocycles. The van der Waals surface area contributed by atoms with E-state index in [9.17, 15) is 0 Å². The Morgan fingerprint density at radius 2 is 2.25 bits per heavy atom. The van der Waals surface area contributed by atoms with Gasteiger partial charge < -0.3 is 5.32 Å². The normalized spacial score (nSPS) is 9.92. The summed E-state index contributed by atoms with van der Waals surface area (Å²) < 4.78 is 1.15. The van der Waals surface area contributed by atoms with Gasteiger partial charge in [0.1, 0.15) is 0 Å². The lowest BCUT2D eigenvalue weighted by molar-refractivity contribution is 1.23. The number of anilines is 1. The zero-order valence-corrected chi connectivity index (χ0v) is 9.45. The van der Waals surface area contributed by atoms with Crippen molar-refractivity contribution in [1.29, 1.82) is 0 Å². The SMILES string of the molecule is Cc1cc(NCCS)ccc1Br. The molecule has 0 aliphatic heterocycles. The first-order valence-corrected chi connectivity index (χ1v) is 5.27. The maximum Gasteiger partial charge on any atom is 0.0343 e. The molecule has 0 unspecified atom stereocenters. The average molecular weight is 246 g/mol. The molecule has 1 nitrogen and oxygen atoms in total. The number of rotatable bonds is 3. The second-order valence-corrected chi connectivity index (χ2v) is 3.92. The van der Waals surface area contributed by atoms with E-state index in [0.29, 0.717) is 0 Å². The monoisotopic (exact) mass is 245 g/mol. The van der Waals surface area contributed by atoms with Crippen LogP contribution in [0.3, 0.4) is 0 Å². The fourth-order valence-electron chi connectivity index (χ4n) is 0.955. The summed E-state index contributed by atoms with van der Waals surface area (Å²) in [6, 6.07) is 6.23. The van der Waals surface area contributed by atoms with Gasteiger partial charge >= 0.3 is 0 Å². The van der Waals surface area contributed by atoms with Crippen molar-refractivity contribution in [1.82, 2.24) is 0 Å². The molecule has 0 amide bonds. The summed E-state index contributed by atoms with van der Waals surface area (Å²) >= 11 is 7.58. The van der Waals surface area contributed by atoms with Gasteiger partial charge in [0.2, 0.25) is 0 Å². The largest absolute Gasteiger partial charge is 0.384 e. The first kappa shape index (κ1) is 9.93. The van der Waals surface area contributed by atoms with E-state index in [-0.39, 0.29) is 0 Å². The van der Waals surface area contributed by atoms with Crippen molar-refractivity contribution in [2.75, 3.05) is 17.6 Å². The molecule has 0 saturated heterocycles. The Balaban J connectivity index is 2.69. The summed E-state index contributed by atoms with van der Waals surface area (Å²) in [6.45, 7) is 2.99. The summed E-state index contributed by atoms with van der Waals surface area (Å²) in [5.41, 5.74) is 2.41. The number of aryl methyl sites for hydroxylation is 1. The van der Waals surface area contributed by atoms with Gasteiger partial charge in [0, 0.05) is 22.5 Å². The Bertz CT molecular complexity index is 263. The summed E-state index contributed by atoms with van der Waals surface area (Å²) in [7, 11) is 0. The minimum atomic E-state index is 0.856. The molecule has 1 aromatic rings. The molecule has 1 N–H and O–H groups in total. The van der Waals surface area contributed by atoms with Gasteiger partial charge in [-0.05, 0) is 30.7 Å². The van der Waals surface area contributed by atoms with Crippen molar-refractivity contribution in [2.45, 2.75) is 6.92 Å². The van der Waals surface area contributed by atoms with E-state index in [0.717, 1.165) is 22.5 Å². The number of hydrogen-bond donors (Lipinski definition) is 2. The Kier molecular flexibility index (Phi) is 3.95. The van der Waals surface area contributed by atoms with Crippen molar-refractivity contribution in [3.8, 4) is 0 Å². The fraction of sp³-hybridized carbons (Fsp3) is 0.333. The number of hydrogen-bond acceptors (Lipinski definition) is 2. The van der Waals surface area contributed by atoms with Gasteiger partial charge in [-0.3, -0.25) is 0 Å². The molecular weight excluding hydrogens is 234 g/mol. The van der Waals surface area contributed by atoms with Crippen molar-refractivity contribution in [2.24, 2.45) is 0 Å². The molecular formula is C9H12BrNS. The standard InChI is InChI=1S/C9H12BrNS/c1-7-6-8(11-4-5-12)2-3-9(7)10/h2-3,6,11-12H,4-5H2,1H3. The van der Waals surface area contributed by atoms with E-state index in [4.69, 9.17) is 0 Å². The lowest BCUT2D eigenvalue weighted by atomic mass is 10.2. The molecule has 0 aliphatic carbocycles. The Labute approximate surface area is 87.1 Å². The summed E-state index contributed by atoms with van der Waals surface area (Å²) in [5, 5.41) is 3.27. The smallest absolute Gasteiger partial charge is 0.0343 e. The number of thiol groups is 1. The quantitative estimate of drug-likeness (QED) is 0.781.